The quantitative estimate of drug-likeness (QED) is 0.787. The molecule has 2 atom stereocenters. The number of rotatable bonds is 6. The minimum Gasteiger partial charge on any atom is -0.494 e. The van der Waals surface area contributed by atoms with E-state index >= 15 is 0 Å². The van der Waals surface area contributed by atoms with E-state index in [2.05, 4.69) is 13.8 Å². The summed E-state index contributed by atoms with van der Waals surface area (Å²) in [7, 11) is 3.24. The average molecular weight is 348 g/mol. The zero-order valence-electron chi connectivity index (χ0n) is 15.9. The third-order valence-corrected chi connectivity index (χ3v) is 3.95. The van der Waals surface area contributed by atoms with Crippen LogP contribution in [0.25, 0.3) is 0 Å². The third-order valence-electron chi connectivity index (χ3n) is 3.95. The monoisotopic (exact) mass is 348 g/mol. The molecule has 0 radical (unpaired) electrons. The molecular formula is C19H28N2O4. The molecule has 0 saturated heterocycles. The Balaban J connectivity index is 2.51. The van der Waals surface area contributed by atoms with Crippen LogP contribution in [-0.2, 0) is 9.47 Å². The summed E-state index contributed by atoms with van der Waals surface area (Å²) in [5.74, 6) is 2.91. The Morgan fingerprint density at radius 3 is 2.20 bits per heavy atom. The number of ether oxygens (including phenoxy) is 4. The van der Waals surface area contributed by atoms with Crippen molar-refractivity contribution in [2.45, 2.75) is 39.8 Å². The molecule has 0 aromatic heterocycles. The highest BCUT2D eigenvalue weighted by Gasteiger charge is 2.33. The van der Waals surface area contributed by atoms with Crippen LogP contribution in [0.5, 0.6) is 11.5 Å². The van der Waals surface area contributed by atoms with Gasteiger partial charge in [0.1, 0.15) is 17.5 Å². The second-order valence-electron chi connectivity index (χ2n) is 6.00. The predicted molar refractivity (Wildman–Crippen MR) is 99.0 cm³/mol. The molecule has 25 heavy (non-hydrogen) atoms. The predicted octanol–water partition coefficient (Wildman–Crippen LogP) is 3.65. The highest BCUT2D eigenvalue weighted by molar-refractivity contribution is 5.95. The van der Waals surface area contributed by atoms with Crippen molar-refractivity contribution in [1.82, 2.24) is 0 Å². The molecule has 0 unspecified atom stereocenters. The van der Waals surface area contributed by atoms with Crippen molar-refractivity contribution in [1.29, 1.82) is 0 Å². The molecule has 2 rings (SSSR count). The summed E-state index contributed by atoms with van der Waals surface area (Å²) in [6.07, 6.45) is 0. The van der Waals surface area contributed by atoms with Gasteiger partial charge in [0.2, 0.25) is 11.8 Å². The van der Waals surface area contributed by atoms with E-state index in [1.54, 1.807) is 14.2 Å². The fourth-order valence-corrected chi connectivity index (χ4v) is 2.78. The fourth-order valence-electron chi connectivity index (χ4n) is 2.78. The highest BCUT2D eigenvalue weighted by atomic mass is 16.5. The second kappa shape index (κ2) is 8.74. The lowest BCUT2D eigenvalue weighted by atomic mass is 9.99. The van der Waals surface area contributed by atoms with Gasteiger partial charge in [0.05, 0.1) is 27.4 Å². The SMILES string of the molecule is CCOc1ccc(OCC)c([C@H]2N=C(OC)[C@@H](C(C)C)N=C2OC)c1. The van der Waals surface area contributed by atoms with Crippen LogP contribution >= 0.6 is 0 Å². The van der Waals surface area contributed by atoms with Crippen LogP contribution in [0.1, 0.15) is 39.3 Å². The Morgan fingerprint density at radius 2 is 1.64 bits per heavy atom. The molecule has 0 amide bonds. The Morgan fingerprint density at radius 1 is 0.960 bits per heavy atom. The molecular weight excluding hydrogens is 320 g/mol. The van der Waals surface area contributed by atoms with Gasteiger partial charge in [-0.15, -0.1) is 0 Å². The molecule has 138 valence electrons. The van der Waals surface area contributed by atoms with Crippen LogP contribution in [0.15, 0.2) is 28.2 Å². The standard InChI is InChI=1S/C19H28N2O4/c1-7-24-13-9-10-15(25-8-2)14(11-13)17-19(23-6)20-16(12(3)4)18(21-17)22-5/h9-12,16-17H,7-8H2,1-6H3/t16-,17-/m1/s1. The van der Waals surface area contributed by atoms with Gasteiger partial charge in [-0.1, -0.05) is 13.8 Å². The van der Waals surface area contributed by atoms with E-state index in [-0.39, 0.29) is 12.0 Å². The maximum atomic E-state index is 5.78. The van der Waals surface area contributed by atoms with Crippen LogP contribution in [0.2, 0.25) is 0 Å². The molecule has 1 aromatic carbocycles. The summed E-state index contributed by atoms with van der Waals surface area (Å²) in [6.45, 7) is 9.21. The molecule has 6 heteroatoms. The highest BCUT2D eigenvalue weighted by Crippen LogP contribution is 2.35. The number of nitrogens with zero attached hydrogens (tertiary/aromatic N) is 2. The summed E-state index contributed by atoms with van der Waals surface area (Å²) >= 11 is 0. The maximum absolute atomic E-state index is 5.78. The van der Waals surface area contributed by atoms with E-state index in [1.165, 1.54) is 0 Å². The summed E-state index contributed by atoms with van der Waals surface area (Å²) < 4.78 is 22.5. The third kappa shape index (κ3) is 4.24. The lowest BCUT2D eigenvalue weighted by Gasteiger charge is -2.28. The van der Waals surface area contributed by atoms with Crippen molar-refractivity contribution < 1.29 is 18.9 Å². The number of methoxy groups -OCH3 is 2. The molecule has 1 heterocycles. The van der Waals surface area contributed by atoms with Gasteiger partial charge in [-0.05, 0) is 38.0 Å². The van der Waals surface area contributed by atoms with Gasteiger partial charge in [-0.3, -0.25) is 0 Å². The maximum Gasteiger partial charge on any atom is 0.214 e. The normalized spacial score (nSPS) is 20.0. The molecule has 6 nitrogen and oxygen atoms in total. The molecule has 1 aliphatic heterocycles. The summed E-state index contributed by atoms with van der Waals surface area (Å²) in [5.41, 5.74) is 0.852. The van der Waals surface area contributed by atoms with Gasteiger partial charge in [0.15, 0.2) is 6.04 Å². The first-order valence-electron chi connectivity index (χ1n) is 8.68. The first kappa shape index (κ1) is 19.1. The number of hydrogen-bond acceptors (Lipinski definition) is 6. The summed E-state index contributed by atoms with van der Waals surface area (Å²) in [5, 5.41) is 0. The van der Waals surface area contributed by atoms with Crippen molar-refractivity contribution in [2.75, 3.05) is 27.4 Å². The molecule has 0 aliphatic carbocycles. The topological polar surface area (TPSA) is 61.6 Å². The molecule has 0 bridgehead atoms. The number of hydrogen-bond donors (Lipinski definition) is 0. The zero-order chi connectivity index (χ0) is 18.4. The summed E-state index contributed by atoms with van der Waals surface area (Å²) in [4.78, 5) is 9.50. The number of benzene rings is 1. The first-order valence-corrected chi connectivity index (χ1v) is 8.68. The van der Waals surface area contributed by atoms with Gasteiger partial charge >= 0.3 is 0 Å². The van der Waals surface area contributed by atoms with Gasteiger partial charge in [0, 0.05) is 5.56 Å². The van der Waals surface area contributed by atoms with Crippen molar-refractivity contribution in [2.24, 2.45) is 15.9 Å². The van der Waals surface area contributed by atoms with Crippen LogP contribution in [-0.4, -0.2) is 45.3 Å². The Hall–Kier alpha value is -2.24. The lowest BCUT2D eigenvalue weighted by Crippen LogP contribution is -2.34. The Labute approximate surface area is 149 Å². The van der Waals surface area contributed by atoms with E-state index in [0.717, 1.165) is 17.1 Å². The molecule has 1 aromatic rings. The summed E-state index contributed by atoms with van der Waals surface area (Å²) in [6, 6.07) is 5.15. The molecule has 0 spiro atoms. The van der Waals surface area contributed by atoms with E-state index in [1.807, 2.05) is 32.0 Å². The van der Waals surface area contributed by atoms with E-state index in [0.29, 0.717) is 25.0 Å². The minimum absolute atomic E-state index is 0.151. The molecule has 0 N–H and O–H groups in total. The Kier molecular flexibility index (Phi) is 6.67. The molecule has 0 saturated carbocycles. The van der Waals surface area contributed by atoms with Gasteiger partial charge in [-0.25, -0.2) is 9.98 Å². The molecule has 1 aliphatic rings. The van der Waals surface area contributed by atoms with E-state index in [4.69, 9.17) is 28.9 Å². The Bertz CT molecular complexity index is 640. The van der Waals surface area contributed by atoms with Crippen molar-refractivity contribution in [3.63, 3.8) is 0 Å². The van der Waals surface area contributed by atoms with Crippen LogP contribution in [0.4, 0.5) is 0 Å². The average Bonchev–Trinajstić information content (AvgIpc) is 2.62. The van der Waals surface area contributed by atoms with Crippen molar-refractivity contribution in [3.05, 3.63) is 23.8 Å². The lowest BCUT2D eigenvalue weighted by molar-refractivity contribution is 0.317. The smallest absolute Gasteiger partial charge is 0.214 e. The first-order chi connectivity index (χ1) is 12.0. The van der Waals surface area contributed by atoms with E-state index in [9.17, 15) is 0 Å². The van der Waals surface area contributed by atoms with Gasteiger partial charge in [0.25, 0.3) is 0 Å². The minimum atomic E-state index is -0.420. The number of aliphatic imine (C=N–C) groups is 2. The zero-order valence-corrected chi connectivity index (χ0v) is 15.9. The molecule has 0 fully saturated rings. The van der Waals surface area contributed by atoms with Gasteiger partial charge < -0.3 is 18.9 Å². The van der Waals surface area contributed by atoms with E-state index < -0.39 is 6.04 Å². The second-order valence-corrected chi connectivity index (χ2v) is 6.00. The fraction of sp³-hybridized carbons (Fsp3) is 0.579. The van der Waals surface area contributed by atoms with Crippen LogP contribution in [0.3, 0.4) is 0 Å². The largest absolute Gasteiger partial charge is 0.494 e. The van der Waals surface area contributed by atoms with Gasteiger partial charge in [-0.2, -0.15) is 0 Å². The van der Waals surface area contributed by atoms with Crippen LogP contribution in [0, 0.1) is 5.92 Å². The van der Waals surface area contributed by atoms with Crippen molar-refractivity contribution >= 4 is 11.8 Å². The van der Waals surface area contributed by atoms with Crippen molar-refractivity contribution in [3.8, 4) is 11.5 Å². The van der Waals surface area contributed by atoms with Crippen LogP contribution < -0.4 is 9.47 Å².